The van der Waals surface area contributed by atoms with Gasteiger partial charge in [-0.15, -0.1) is 0 Å². The van der Waals surface area contributed by atoms with Crippen LogP contribution in [-0.2, 0) is 11.8 Å². The topological polar surface area (TPSA) is 0 Å². The zero-order chi connectivity index (χ0) is 16.4. The molecular weight excluding hydrogens is 320 g/mol. The van der Waals surface area contributed by atoms with Gasteiger partial charge in [0, 0.05) is 11.1 Å². The summed E-state index contributed by atoms with van der Waals surface area (Å²) in [6, 6.07) is 3.15. The molecule has 1 aliphatic carbocycles. The number of benzene rings is 2. The summed E-state index contributed by atoms with van der Waals surface area (Å²) in [6.45, 7) is 0. The van der Waals surface area contributed by atoms with Crippen LogP contribution in [0.15, 0.2) is 24.3 Å². The minimum atomic E-state index is -4.44. The third-order valence-corrected chi connectivity index (χ3v) is 3.50. The molecule has 2 aromatic rings. The van der Waals surface area contributed by atoms with Crippen molar-refractivity contribution < 1.29 is 35.1 Å². The highest BCUT2D eigenvalue weighted by Gasteiger charge is 2.57. The Hall–Kier alpha value is -2.12. The molecule has 0 radical (unpaired) electrons. The summed E-state index contributed by atoms with van der Waals surface area (Å²) >= 11 is 0. The van der Waals surface area contributed by atoms with Crippen molar-refractivity contribution in [2.24, 2.45) is 0 Å². The molecule has 0 bridgehead atoms. The summed E-state index contributed by atoms with van der Waals surface area (Å²) in [5.41, 5.74) is -6.96. The van der Waals surface area contributed by atoms with E-state index >= 15 is 0 Å². The quantitative estimate of drug-likeness (QED) is 0.370. The van der Waals surface area contributed by atoms with Crippen molar-refractivity contribution in [2.45, 2.75) is 11.8 Å². The summed E-state index contributed by atoms with van der Waals surface area (Å²) in [6.07, 6.45) is 0. The first-order valence-electron chi connectivity index (χ1n) is 5.84. The van der Waals surface area contributed by atoms with Crippen LogP contribution in [0.3, 0.4) is 0 Å². The van der Waals surface area contributed by atoms with Gasteiger partial charge in [0.1, 0.15) is 0 Å². The fourth-order valence-electron chi connectivity index (χ4n) is 2.52. The van der Waals surface area contributed by atoms with Crippen molar-refractivity contribution in [1.82, 2.24) is 0 Å². The lowest BCUT2D eigenvalue weighted by molar-refractivity contribution is -0.0186. The third kappa shape index (κ3) is 1.57. The minimum Gasteiger partial charge on any atom is -0.203 e. The van der Waals surface area contributed by atoms with E-state index in [9.17, 15) is 35.1 Å². The predicted molar refractivity (Wildman–Crippen MR) is 58.7 cm³/mol. The van der Waals surface area contributed by atoms with Gasteiger partial charge in [0.25, 0.3) is 0 Å². The van der Waals surface area contributed by atoms with Gasteiger partial charge < -0.3 is 0 Å². The number of hydrogen-bond donors (Lipinski definition) is 0. The first-order chi connectivity index (χ1) is 10.1. The Morgan fingerprint density at radius 1 is 0.545 bits per heavy atom. The molecule has 0 saturated heterocycles. The lowest BCUT2D eigenvalue weighted by Crippen LogP contribution is -2.36. The van der Waals surface area contributed by atoms with E-state index in [4.69, 9.17) is 0 Å². The molecule has 0 N–H and O–H groups in total. The van der Waals surface area contributed by atoms with E-state index in [0.29, 0.717) is 12.1 Å². The molecule has 0 aromatic heterocycles. The highest BCUT2D eigenvalue weighted by atomic mass is 19.3. The molecule has 1 aliphatic rings. The molecule has 0 saturated carbocycles. The molecular formula is C14H4F8. The summed E-state index contributed by atoms with van der Waals surface area (Å²) in [5.74, 6) is -19.1. The Morgan fingerprint density at radius 2 is 0.864 bits per heavy atom. The normalized spacial score (nSPS) is 17.8. The van der Waals surface area contributed by atoms with E-state index in [0.717, 1.165) is 12.1 Å². The molecule has 116 valence electrons. The molecule has 0 aliphatic heterocycles. The minimum absolute atomic E-state index is 0.588. The average Bonchev–Trinajstić information content (AvgIpc) is 2.47. The molecule has 0 spiro atoms. The summed E-state index contributed by atoms with van der Waals surface area (Å²) < 4.78 is 111. The van der Waals surface area contributed by atoms with Crippen molar-refractivity contribution in [3.05, 3.63) is 69.8 Å². The monoisotopic (exact) mass is 324 g/mol. The van der Waals surface area contributed by atoms with E-state index in [1.165, 1.54) is 0 Å². The molecule has 0 heterocycles. The number of fused-ring (bicyclic) bond motifs is 2. The molecule has 0 fully saturated rings. The standard InChI is InChI=1S/C14H4F8/c15-9-7-8(10(16)12(18)11(9)17)14(21,22)6-4-2-1-3-5(6)13(7,19)20/h1-4H. The van der Waals surface area contributed by atoms with E-state index in [1.807, 2.05) is 0 Å². The Morgan fingerprint density at radius 3 is 1.18 bits per heavy atom. The van der Waals surface area contributed by atoms with E-state index in [-0.39, 0.29) is 0 Å². The maximum atomic E-state index is 14.3. The van der Waals surface area contributed by atoms with Crippen LogP contribution in [0.5, 0.6) is 0 Å². The maximum absolute atomic E-state index is 14.3. The number of halogens is 8. The van der Waals surface area contributed by atoms with Gasteiger partial charge in [-0.3, -0.25) is 0 Å². The van der Waals surface area contributed by atoms with Crippen molar-refractivity contribution in [2.75, 3.05) is 0 Å². The van der Waals surface area contributed by atoms with Gasteiger partial charge in [-0.25, -0.2) is 17.6 Å². The second-order valence-electron chi connectivity index (χ2n) is 4.70. The van der Waals surface area contributed by atoms with Crippen LogP contribution in [0.4, 0.5) is 35.1 Å². The van der Waals surface area contributed by atoms with E-state index in [1.54, 1.807) is 0 Å². The summed E-state index contributed by atoms with van der Waals surface area (Å²) in [7, 11) is 0. The second kappa shape index (κ2) is 4.21. The molecule has 22 heavy (non-hydrogen) atoms. The highest BCUT2D eigenvalue weighted by Crippen LogP contribution is 2.55. The van der Waals surface area contributed by atoms with Gasteiger partial charge in [0.15, 0.2) is 23.3 Å². The molecule has 2 aromatic carbocycles. The Bertz CT molecular complexity index is 728. The van der Waals surface area contributed by atoms with Crippen LogP contribution in [-0.4, -0.2) is 0 Å². The Kier molecular flexibility index (Phi) is 2.83. The molecule has 0 unspecified atom stereocenters. The second-order valence-corrected chi connectivity index (χ2v) is 4.70. The van der Waals surface area contributed by atoms with Crippen molar-refractivity contribution in [3.63, 3.8) is 0 Å². The third-order valence-electron chi connectivity index (χ3n) is 3.50. The van der Waals surface area contributed by atoms with Crippen LogP contribution in [0.2, 0.25) is 0 Å². The average molecular weight is 324 g/mol. The number of rotatable bonds is 0. The lowest BCUT2D eigenvalue weighted by Gasteiger charge is -2.34. The summed E-state index contributed by atoms with van der Waals surface area (Å²) in [4.78, 5) is 0. The fraction of sp³-hybridized carbons (Fsp3) is 0.143. The highest BCUT2D eigenvalue weighted by molar-refractivity contribution is 5.55. The lowest BCUT2D eigenvalue weighted by atomic mass is 9.80. The first kappa shape index (κ1) is 14.8. The molecule has 8 heteroatoms. The molecule has 3 rings (SSSR count). The zero-order valence-electron chi connectivity index (χ0n) is 10.3. The smallest absolute Gasteiger partial charge is 0.203 e. The van der Waals surface area contributed by atoms with Gasteiger partial charge in [0.05, 0.1) is 11.1 Å². The molecule has 0 amide bonds. The van der Waals surface area contributed by atoms with Crippen LogP contribution < -0.4 is 0 Å². The first-order valence-corrected chi connectivity index (χ1v) is 5.84. The van der Waals surface area contributed by atoms with Crippen LogP contribution in [0, 0.1) is 23.3 Å². The van der Waals surface area contributed by atoms with E-state index < -0.39 is 57.4 Å². The van der Waals surface area contributed by atoms with Crippen LogP contribution >= 0.6 is 0 Å². The van der Waals surface area contributed by atoms with Gasteiger partial charge in [0.2, 0.25) is 0 Å². The Balaban J connectivity index is 2.54. The van der Waals surface area contributed by atoms with Crippen molar-refractivity contribution >= 4 is 0 Å². The Labute approximate surface area is 118 Å². The van der Waals surface area contributed by atoms with E-state index in [2.05, 4.69) is 0 Å². The molecule has 0 nitrogen and oxygen atoms in total. The van der Waals surface area contributed by atoms with Gasteiger partial charge in [-0.1, -0.05) is 24.3 Å². The predicted octanol–water partition coefficient (Wildman–Crippen LogP) is 4.84. The SMILES string of the molecule is Fc1c(F)c(F)c2c(c1F)C(F)(F)c1ccccc1C2(F)F. The van der Waals surface area contributed by atoms with Crippen LogP contribution in [0.1, 0.15) is 22.3 Å². The van der Waals surface area contributed by atoms with Gasteiger partial charge in [-0.05, 0) is 0 Å². The van der Waals surface area contributed by atoms with Crippen LogP contribution in [0.25, 0.3) is 0 Å². The summed E-state index contributed by atoms with van der Waals surface area (Å²) in [5, 5.41) is 0. The zero-order valence-corrected chi connectivity index (χ0v) is 10.3. The van der Waals surface area contributed by atoms with Crippen molar-refractivity contribution in [1.29, 1.82) is 0 Å². The van der Waals surface area contributed by atoms with Gasteiger partial charge >= 0.3 is 11.8 Å². The largest absolute Gasteiger partial charge is 0.302 e. The fourth-order valence-corrected chi connectivity index (χ4v) is 2.52. The van der Waals surface area contributed by atoms with Gasteiger partial charge in [-0.2, -0.15) is 17.6 Å². The number of hydrogen-bond acceptors (Lipinski definition) is 0. The molecule has 0 atom stereocenters. The van der Waals surface area contributed by atoms with Crippen molar-refractivity contribution in [3.8, 4) is 0 Å². The number of alkyl halides is 4. The maximum Gasteiger partial charge on any atom is 0.302 e.